The van der Waals surface area contributed by atoms with Gasteiger partial charge in [-0.15, -0.1) is 0 Å². The van der Waals surface area contributed by atoms with Crippen molar-refractivity contribution in [1.29, 1.82) is 0 Å². The Balaban J connectivity index is 1.93. The van der Waals surface area contributed by atoms with Gasteiger partial charge in [0.15, 0.2) is 0 Å². The summed E-state index contributed by atoms with van der Waals surface area (Å²) in [5.74, 6) is 0. The summed E-state index contributed by atoms with van der Waals surface area (Å²) in [7, 11) is 0. The molecule has 0 N–H and O–H groups in total. The lowest BCUT2D eigenvalue weighted by Gasteiger charge is -2.18. The zero-order valence-corrected chi connectivity index (χ0v) is 11.2. The molecule has 0 amide bonds. The fourth-order valence-electron chi connectivity index (χ4n) is 2.63. The van der Waals surface area contributed by atoms with Crippen LogP contribution in [-0.2, 0) is 6.42 Å². The van der Waals surface area contributed by atoms with Crippen LogP contribution in [0.3, 0.4) is 0 Å². The fourth-order valence-corrected chi connectivity index (χ4v) is 2.63. The van der Waals surface area contributed by atoms with Gasteiger partial charge in [0, 0.05) is 6.20 Å². The minimum absolute atomic E-state index is 0.198. The molecule has 1 atom stereocenters. The van der Waals surface area contributed by atoms with Gasteiger partial charge in [0.05, 0.1) is 17.4 Å². The van der Waals surface area contributed by atoms with E-state index in [0.29, 0.717) is 0 Å². The molecular formula is C17H18N2. The summed E-state index contributed by atoms with van der Waals surface area (Å²) in [4.78, 5) is 9.42. The molecule has 2 heteroatoms. The Bertz CT molecular complexity index is 587. The second-order valence-corrected chi connectivity index (χ2v) is 5.03. The Labute approximate surface area is 114 Å². The molecule has 1 aromatic carbocycles. The van der Waals surface area contributed by atoms with Gasteiger partial charge in [0.25, 0.3) is 0 Å². The van der Waals surface area contributed by atoms with Crippen molar-refractivity contribution in [2.75, 3.05) is 0 Å². The molecule has 0 bridgehead atoms. The predicted molar refractivity (Wildman–Crippen MR) is 78.6 cm³/mol. The molecule has 0 aliphatic heterocycles. The molecule has 1 unspecified atom stereocenters. The van der Waals surface area contributed by atoms with Gasteiger partial charge in [0.2, 0.25) is 0 Å². The Kier molecular flexibility index (Phi) is 3.41. The average Bonchev–Trinajstić information content (AvgIpc) is 2.48. The molecule has 1 heterocycles. The molecule has 0 saturated carbocycles. The number of rotatable bonds is 2. The van der Waals surface area contributed by atoms with Crippen molar-refractivity contribution in [2.45, 2.75) is 32.2 Å². The third-order valence-corrected chi connectivity index (χ3v) is 3.66. The molecule has 2 nitrogen and oxygen atoms in total. The van der Waals surface area contributed by atoms with Crippen molar-refractivity contribution < 1.29 is 0 Å². The van der Waals surface area contributed by atoms with Gasteiger partial charge < -0.3 is 0 Å². The zero-order chi connectivity index (χ0) is 13.1. The summed E-state index contributed by atoms with van der Waals surface area (Å²) < 4.78 is 0. The number of aryl methyl sites for hydroxylation is 1. The Morgan fingerprint density at radius 2 is 1.89 bits per heavy atom. The highest BCUT2D eigenvalue weighted by atomic mass is 14.8. The SMILES string of the molecule is CC(N=C1CCCc2cccnc21)c1ccccc1. The Morgan fingerprint density at radius 3 is 2.74 bits per heavy atom. The average molecular weight is 250 g/mol. The number of nitrogens with zero attached hydrogens (tertiary/aromatic N) is 2. The van der Waals surface area contributed by atoms with Crippen molar-refractivity contribution in [3.63, 3.8) is 0 Å². The monoisotopic (exact) mass is 250 g/mol. The van der Waals surface area contributed by atoms with Crippen LogP contribution in [0.15, 0.2) is 53.7 Å². The van der Waals surface area contributed by atoms with Crippen LogP contribution < -0.4 is 0 Å². The molecule has 0 saturated heterocycles. The summed E-state index contributed by atoms with van der Waals surface area (Å²) in [5.41, 5.74) is 4.88. The summed E-state index contributed by atoms with van der Waals surface area (Å²) in [6, 6.07) is 14.8. The third kappa shape index (κ3) is 2.58. The van der Waals surface area contributed by atoms with Gasteiger partial charge in [-0.3, -0.25) is 9.98 Å². The van der Waals surface area contributed by atoms with Gasteiger partial charge in [-0.2, -0.15) is 0 Å². The van der Waals surface area contributed by atoms with Crippen molar-refractivity contribution in [1.82, 2.24) is 4.98 Å². The summed E-state index contributed by atoms with van der Waals surface area (Å²) in [6.45, 7) is 2.15. The van der Waals surface area contributed by atoms with E-state index in [2.05, 4.69) is 42.2 Å². The van der Waals surface area contributed by atoms with E-state index in [0.717, 1.165) is 18.5 Å². The van der Waals surface area contributed by atoms with Crippen LogP contribution >= 0.6 is 0 Å². The standard InChI is InChI=1S/C17H18N2/c1-13(14-7-3-2-4-8-14)19-16-11-5-9-15-10-6-12-18-17(15)16/h2-4,6-8,10,12-13H,5,9,11H2,1H3. The first-order valence-corrected chi connectivity index (χ1v) is 6.90. The maximum Gasteiger partial charge on any atom is 0.0872 e. The molecule has 1 aromatic heterocycles. The highest BCUT2D eigenvalue weighted by Gasteiger charge is 2.17. The maximum absolute atomic E-state index is 4.90. The molecule has 1 aliphatic rings. The molecule has 0 fully saturated rings. The van der Waals surface area contributed by atoms with Crippen LogP contribution in [-0.4, -0.2) is 10.7 Å². The van der Waals surface area contributed by atoms with Crippen molar-refractivity contribution in [3.8, 4) is 0 Å². The molecule has 0 spiro atoms. The minimum Gasteiger partial charge on any atom is -0.280 e. The lowest BCUT2D eigenvalue weighted by Crippen LogP contribution is -2.14. The van der Waals surface area contributed by atoms with Crippen molar-refractivity contribution in [3.05, 3.63) is 65.5 Å². The van der Waals surface area contributed by atoms with E-state index in [-0.39, 0.29) is 6.04 Å². The van der Waals surface area contributed by atoms with Gasteiger partial charge in [0.1, 0.15) is 0 Å². The van der Waals surface area contributed by atoms with Crippen LogP contribution in [0.5, 0.6) is 0 Å². The largest absolute Gasteiger partial charge is 0.280 e. The van der Waals surface area contributed by atoms with E-state index in [1.165, 1.54) is 23.3 Å². The normalized spacial score (nSPS) is 18.1. The van der Waals surface area contributed by atoms with Crippen LogP contribution in [0.4, 0.5) is 0 Å². The van der Waals surface area contributed by atoms with Crippen molar-refractivity contribution >= 4 is 5.71 Å². The summed E-state index contributed by atoms with van der Waals surface area (Å²) >= 11 is 0. The van der Waals surface area contributed by atoms with E-state index in [4.69, 9.17) is 4.99 Å². The minimum atomic E-state index is 0.198. The molecule has 3 rings (SSSR count). The van der Waals surface area contributed by atoms with Gasteiger partial charge in [-0.25, -0.2) is 0 Å². The lowest BCUT2D eigenvalue weighted by atomic mass is 9.94. The highest BCUT2D eigenvalue weighted by Crippen LogP contribution is 2.23. The van der Waals surface area contributed by atoms with Crippen molar-refractivity contribution in [2.24, 2.45) is 4.99 Å². The fraction of sp³-hybridized carbons (Fsp3) is 0.294. The Morgan fingerprint density at radius 1 is 1.05 bits per heavy atom. The summed E-state index contributed by atoms with van der Waals surface area (Å²) in [5, 5.41) is 0. The van der Waals surface area contributed by atoms with Gasteiger partial charge in [-0.05, 0) is 43.4 Å². The quantitative estimate of drug-likeness (QED) is 0.791. The van der Waals surface area contributed by atoms with Gasteiger partial charge in [-0.1, -0.05) is 36.4 Å². The predicted octanol–water partition coefficient (Wildman–Crippen LogP) is 3.97. The zero-order valence-electron chi connectivity index (χ0n) is 11.2. The van der Waals surface area contributed by atoms with Crippen LogP contribution in [0.25, 0.3) is 0 Å². The second kappa shape index (κ2) is 5.35. The van der Waals surface area contributed by atoms with Crippen LogP contribution in [0.2, 0.25) is 0 Å². The first-order valence-electron chi connectivity index (χ1n) is 6.90. The second-order valence-electron chi connectivity index (χ2n) is 5.03. The first-order chi connectivity index (χ1) is 9.34. The molecule has 96 valence electrons. The molecule has 19 heavy (non-hydrogen) atoms. The summed E-state index contributed by atoms with van der Waals surface area (Å²) in [6.07, 6.45) is 5.22. The van der Waals surface area contributed by atoms with E-state index in [1.54, 1.807) is 0 Å². The number of pyridine rings is 1. The van der Waals surface area contributed by atoms with E-state index < -0.39 is 0 Å². The molecular weight excluding hydrogens is 232 g/mol. The highest BCUT2D eigenvalue weighted by molar-refractivity contribution is 6.01. The Hall–Kier alpha value is -1.96. The number of benzene rings is 1. The maximum atomic E-state index is 4.90. The first kappa shape index (κ1) is 12.1. The lowest BCUT2D eigenvalue weighted by molar-refractivity contribution is 0.778. The number of hydrogen-bond acceptors (Lipinski definition) is 2. The van der Waals surface area contributed by atoms with E-state index in [9.17, 15) is 0 Å². The van der Waals surface area contributed by atoms with E-state index >= 15 is 0 Å². The number of aromatic nitrogens is 1. The van der Waals surface area contributed by atoms with Crippen LogP contribution in [0, 0.1) is 0 Å². The smallest absolute Gasteiger partial charge is 0.0872 e. The number of hydrogen-bond donors (Lipinski definition) is 0. The molecule has 1 aliphatic carbocycles. The number of fused-ring (bicyclic) bond motifs is 1. The molecule has 0 radical (unpaired) electrons. The van der Waals surface area contributed by atoms with Crippen LogP contribution in [0.1, 0.15) is 42.6 Å². The topological polar surface area (TPSA) is 25.2 Å². The van der Waals surface area contributed by atoms with E-state index in [1.807, 2.05) is 18.3 Å². The third-order valence-electron chi connectivity index (χ3n) is 3.66. The number of aliphatic imine (C=N–C) groups is 1. The van der Waals surface area contributed by atoms with Gasteiger partial charge >= 0.3 is 0 Å². The molecule has 2 aromatic rings.